The molecule has 1 aliphatic heterocycles. The Balaban J connectivity index is 2.43. The molecule has 1 aromatic carbocycles. The molecule has 1 aliphatic rings. The molecule has 1 unspecified atom stereocenters. The number of hydrogen-bond acceptors (Lipinski definition) is 3. The van der Waals surface area contributed by atoms with Crippen molar-refractivity contribution in [2.45, 2.75) is 19.6 Å². The molecule has 2 rings (SSSR count). The number of alkyl halides is 1. The van der Waals surface area contributed by atoms with Crippen LogP contribution in [-0.2, 0) is 6.54 Å². The summed E-state index contributed by atoms with van der Waals surface area (Å²) in [6, 6.07) is 3.51. The van der Waals surface area contributed by atoms with Gasteiger partial charge < -0.3 is 14.8 Å². The van der Waals surface area contributed by atoms with Crippen molar-refractivity contribution < 1.29 is 13.9 Å². The second-order valence-corrected chi connectivity index (χ2v) is 3.56. The average Bonchev–Trinajstić information content (AvgIpc) is 2.65. The quantitative estimate of drug-likeness (QED) is 0.831. The van der Waals surface area contributed by atoms with Crippen LogP contribution in [0.3, 0.4) is 0 Å². The molecule has 0 aliphatic carbocycles. The van der Waals surface area contributed by atoms with Crippen LogP contribution in [0.1, 0.15) is 24.2 Å². The zero-order valence-corrected chi connectivity index (χ0v) is 8.84. The molecule has 82 valence electrons. The molecule has 1 heterocycles. The summed E-state index contributed by atoms with van der Waals surface area (Å²) in [4.78, 5) is 0. The number of halogens is 1. The second-order valence-electron chi connectivity index (χ2n) is 3.56. The van der Waals surface area contributed by atoms with Crippen molar-refractivity contribution in [3.63, 3.8) is 0 Å². The van der Waals surface area contributed by atoms with E-state index >= 15 is 0 Å². The van der Waals surface area contributed by atoms with Crippen LogP contribution in [0.5, 0.6) is 11.5 Å². The van der Waals surface area contributed by atoms with E-state index in [0.29, 0.717) is 17.9 Å². The average molecular weight is 211 g/mol. The van der Waals surface area contributed by atoms with Crippen LogP contribution in [0.15, 0.2) is 12.1 Å². The molecule has 15 heavy (non-hydrogen) atoms. The third-order valence-electron chi connectivity index (χ3n) is 2.40. The van der Waals surface area contributed by atoms with Crippen molar-refractivity contribution in [1.82, 2.24) is 5.32 Å². The molecule has 0 saturated heterocycles. The van der Waals surface area contributed by atoms with E-state index in [-0.39, 0.29) is 6.79 Å². The predicted molar refractivity (Wildman–Crippen MR) is 54.9 cm³/mol. The molecule has 0 radical (unpaired) electrons. The molecule has 0 fully saturated rings. The summed E-state index contributed by atoms with van der Waals surface area (Å²) in [6.07, 6.45) is -0.991. The highest BCUT2D eigenvalue weighted by molar-refractivity contribution is 5.51. The van der Waals surface area contributed by atoms with Crippen LogP contribution < -0.4 is 14.8 Å². The highest BCUT2D eigenvalue weighted by Gasteiger charge is 2.20. The number of rotatable bonds is 3. The maximum absolute atomic E-state index is 13.2. The van der Waals surface area contributed by atoms with Crippen molar-refractivity contribution in [2.24, 2.45) is 0 Å². The highest BCUT2D eigenvalue weighted by atomic mass is 19.1. The Labute approximate surface area is 88.2 Å². The van der Waals surface area contributed by atoms with Gasteiger partial charge in [0.2, 0.25) is 6.79 Å². The van der Waals surface area contributed by atoms with Crippen LogP contribution in [0.2, 0.25) is 0 Å². The molecule has 0 spiro atoms. The smallest absolute Gasteiger partial charge is 0.231 e. The molecular formula is C11H14FNO2. The first-order valence-electron chi connectivity index (χ1n) is 4.93. The van der Waals surface area contributed by atoms with E-state index in [1.807, 2.05) is 13.1 Å². The fourth-order valence-corrected chi connectivity index (χ4v) is 1.66. The van der Waals surface area contributed by atoms with Crippen LogP contribution in [0, 0.1) is 0 Å². The van der Waals surface area contributed by atoms with Gasteiger partial charge in [-0.1, -0.05) is 0 Å². The summed E-state index contributed by atoms with van der Waals surface area (Å²) >= 11 is 0. The Morgan fingerprint density at radius 3 is 2.93 bits per heavy atom. The minimum Gasteiger partial charge on any atom is -0.454 e. The van der Waals surface area contributed by atoms with Gasteiger partial charge in [0, 0.05) is 12.1 Å². The van der Waals surface area contributed by atoms with Gasteiger partial charge in [0.25, 0.3) is 0 Å². The molecule has 0 amide bonds. The maximum atomic E-state index is 13.2. The molecule has 0 bridgehead atoms. The van der Waals surface area contributed by atoms with Crippen LogP contribution in [0.4, 0.5) is 4.39 Å². The second kappa shape index (κ2) is 4.06. The van der Waals surface area contributed by atoms with E-state index in [4.69, 9.17) is 9.47 Å². The van der Waals surface area contributed by atoms with Gasteiger partial charge in [0.1, 0.15) is 6.17 Å². The number of nitrogens with one attached hydrogen (secondary N) is 1. The minimum absolute atomic E-state index is 0.218. The van der Waals surface area contributed by atoms with Gasteiger partial charge in [0.15, 0.2) is 11.5 Å². The van der Waals surface area contributed by atoms with Crippen molar-refractivity contribution in [2.75, 3.05) is 13.8 Å². The van der Waals surface area contributed by atoms with Crippen molar-refractivity contribution in [3.05, 3.63) is 23.3 Å². The SMILES string of the molecule is CNCc1cc(C(C)F)cc2c1OCO2. The highest BCUT2D eigenvalue weighted by Crippen LogP contribution is 2.38. The Hall–Kier alpha value is -1.29. The Morgan fingerprint density at radius 1 is 1.47 bits per heavy atom. The van der Waals surface area contributed by atoms with E-state index < -0.39 is 6.17 Å². The van der Waals surface area contributed by atoms with Gasteiger partial charge in [0.05, 0.1) is 0 Å². The zero-order chi connectivity index (χ0) is 10.8. The van der Waals surface area contributed by atoms with Crippen molar-refractivity contribution in [1.29, 1.82) is 0 Å². The molecule has 0 saturated carbocycles. The monoisotopic (exact) mass is 211 g/mol. The minimum atomic E-state index is -0.991. The summed E-state index contributed by atoms with van der Waals surface area (Å²) in [5.41, 5.74) is 1.57. The summed E-state index contributed by atoms with van der Waals surface area (Å²) < 4.78 is 23.8. The largest absolute Gasteiger partial charge is 0.454 e. The van der Waals surface area contributed by atoms with Crippen LogP contribution in [-0.4, -0.2) is 13.8 Å². The molecule has 1 N–H and O–H groups in total. The standard InChI is InChI=1S/C11H14FNO2/c1-7(12)8-3-9(5-13-2)11-10(4-8)14-6-15-11/h3-4,7,13H,5-6H2,1-2H3. The fourth-order valence-electron chi connectivity index (χ4n) is 1.66. The molecule has 1 atom stereocenters. The lowest BCUT2D eigenvalue weighted by molar-refractivity contribution is 0.173. The summed E-state index contributed by atoms with van der Waals surface area (Å²) in [5, 5.41) is 3.02. The lowest BCUT2D eigenvalue weighted by Crippen LogP contribution is -2.06. The maximum Gasteiger partial charge on any atom is 0.231 e. The zero-order valence-electron chi connectivity index (χ0n) is 8.84. The first-order chi connectivity index (χ1) is 7.22. The van der Waals surface area contributed by atoms with Gasteiger partial charge in [-0.05, 0) is 31.7 Å². The number of benzene rings is 1. The molecule has 0 aromatic heterocycles. The van der Waals surface area contributed by atoms with E-state index in [1.54, 1.807) is 6.07 Å². The molecule has 4 heteroatoms. The first-order valence-corrected chi connectivity index (χ1v) is 4.93. The number of fused-ring (bicyclic) bond motifs is 1. The van der Waals surface area contributed by atoms with Gasteiger partial charge in [-0.2, -0.15) is 0 Å². The molecule has 3 nitrogen and oxygen atoms in total. The number of ether oxygens (including phenoxy) is 2. The fraction of sp³-hybridized carbons (Fsp3) is 0.455. The molecule has 1 aromatic rings. The predicted octanol–water partition coefficient (Wildman–Crippen LogP) is 2.17. The first kappa shape index (κ1) is 10.2. The summed E-state index contributed by atoms with van der Waals surface area (Å²) in [5.74, 6) is 1.37. The van der Waals surface area contributed by atoms with E-state index in [9.17, 15) is 4.39 Å². The van der Waals surface area contributed by atoms with Gasteiger partial charge in [-0.15, -0.1) is 0 Å². The van der Waals surface area contributed by atoms with Crippen molar-refractivity contribution in [3.8, 4) is 11.5 Å². The lowest BCUT2D eigenvalue weighted by Gasteiger charge is -2.09. The van der Waals surface area contributed by atoms with Crippen LogP contribution >= 0.6 is 0 Å². The van der Waals surface area contributed by atoms with Gasteiger partial charge in [-0.3, -0.25) is 0 Å². The van der Waals surface area contributed by atoms with E-state index in [2.05, 4.69) is 5.32 Å². The summed E-state index contributed by atoms with van der Waals surface area (Å²) in [7, 11) is 1.84. The normalized spacial score (nSPS) is 15.4. The molecular weight excluding hydrogens is 197 g/mol. The van der Waals surface area contributed by atoms with E-state index in [1.165, 1.54) is 6.92 Å². The van der Waals surface area contributed by atoms with Crippen molar-refractivity contribution >= 4 is 0 Å². The van der Waals surface area contributed by atoms with Gasteiger partial charge >= 0.3 is 0 Å². The third-order valence-corrected chi connectivity index (χ3v) is 2.40. The lowest BCUT2D eigenvalue weighted by atomic mass is 10.1. The van der Waals surface area contributed by atoms with Crippen LogP contribution in [0.25, 0.3) is 0 Å². The summed E-state index contributed by atoms with van der Waals surface area (Å²) in [6.45, 7) is 2.38. The van der Waals surface area contributed by atoms with E-state index in [0.717, 1.165) is 11.3 Å². The Morgan fingerprint density at radius 2 is 2.27 bits per heavy atom. The van der Waals surface area contributed by atoms with Gasteiger partial charge in [-0.25, -0.2) is 4.39 Å². The Bertz CT molecular complexity index is 366. The Kier molecular flexibility index (Phi) is 2.77. The third kappa shape index (κ3) is 1.90. The topological polar surface area (TPSA) is 30.5 Å². The number of hydrogen-bond donors (Lipinski definition) is 1.